The second-order valence-electron chi connectivity index (χ2n) is 16.6. The second kappa shape index (κ2) is 14.6. The molecule has 2 nitrogen and oxygen atoms in total. The number of nitrogens with one attached hydrogen (secondary N) is 2. The third-order valence-corrected chi connectivity index (χ3v) is 16.1. The molecule has 7 rings (SSSR count). The summed E-state index contributed by atoms with van der Waals surface area (Å²) in [5, 5.41) is 10.5. The Morgan fingerprint density at radius 2 is 1.10 bits per heavy atom. The zero-order chi connectivity index (χ0) is 27.4. The lowest BCUT2D eigenvalue weighted by atomic mass is 9.62. The summed E-state index contributed by atoms with van der Waals surface area (Å²) in [5.41, 5.74) is 0. The highest BCUT2D eigenvalue weighted by Gasteiger charge is 2.53. The average molecular weight is 583 g/mol. The van der Waals surface area contributed by atoms with E-state index in [1.807, 2.05) is 0 Å². The molecule has 6 aliphatic carbocycles. The standard InChI is InChI=1S/C38H66N2S/c1-3-10-27(11-4-1)25-39-26-28-12-9-15-32(24-28)40-37-33(22-23-35-34-16-7-8-17-36(34)41-38(35)37)31-20-18-30(19-21-31)29-13-5-2-6-14-29/h27-40H,1-26H2. The molecule has 3 heteroatoms. The maximum atomic E-state index is 4.58. The van der Waals surface area contributed by atoms with E-state index in [1.54, 1.807) is 57.8 Å². The van der Waals surface area contributed by atoms with Gasteiger partial charge < -0.3 is 10.6 Å². The van der Waals surface area contributed by atoms with Gasteiger partial charge in [-0.05, 0) is 144 Å². The number of fused-ring (bicyclic) bond motifs is 3. The molecule has 234 valence electrons. The van der Waals surface area contributed by atoms with Gasteiger partial charge in [-0.1, -0.05) is 70.6 Å². The molecule has 1 heterocycles. The third-order valence-electron chi connectivity index (χ3n) is 14.2. The van der Waals surface area contributed by atoms with Crippen LogP contribution in [0.3, 0.4) is 0 Å². The molecule has 0 aromatic heterocycles. The number of hydrogen-bond acceptors (Lipinski definition) is 3. The quantitative estimate of drug-likeness (QED) is 0.298. The zero-order valence-electron chi connectivity index (χ0n) is 26.7. The van der Waals surface area contributed by atoms with Crippen molar-refractivity contribution in [1.82, 2.24) is 10.6 Å². The fourth-order valence-corrected chi connectivity index (χ4v) is 14.3. The minimum absolute atomic E-state index is 0.790. The first-order chi connectivity index (χ1) is 20.3. The van der Waals surface area contributed by atoms with Crippen molar-refractivity contribution in [2.24, 2.45) is 47.3 Å². The predicted molar refractivity (Wildman–Crippen MR) is 177 cm³/mol. The number of hydrogen-bond donors (Lipinski definition) is 2. The van der Waals surface area contributed by atoms with Crippen molar-refractivity contribution in [2.75, 3.05) is 13.1 Å². The summed E-state index contributed by atoms with van der Waals surface area (Å²) >= 11 is 2.52. The highest BCUT2D eigenvalue weighted by molar-refractivity contribution is 8.00. The molecule has 2 N–H and O–H groups in total. The normalized spacial score (nSPS) is 44.8. The number of rotatable bonds is 8. The molecule has 0 amide bonds. The summed E-state index contributed by atoms with van der Waals surface area (Å²) in [6.45, 7) is 2.59. The maximum Gasteiger partial charge on any atom is 0.0238 e. The van der Waals surface area contributed by atoms with Gasteiger partial charge in [0.1, 0.15) is 0 Å². The largest absolute Gasteiger partial charge is 0.316 e. The van der Waals surface area contributed by atoms with Crippen LogP contribution in [-0.2, 0) is 0 Å². The Morgan fingerprint density at radius 1 is 0.463 bits per heavy atom. The molecule has 1 saturated heterocycles. The van der Waals surface area contributed by atoms with Gasteiger partial charge in [0.05, 0.1) is 0 Å². The molecule has 7 fully saturated rings. The van der Waals surface area contributed by atoms with E-state index in [2.05, 4.69) is 22.4 Å². The summed E-state index contributed by atoms with van der Waals surface area (Å²) < 4.78 is 0. The van der Waals surface area contributed by atoms with Gasteiger partial charge in [0.2, 0.25) is 0 Å². The first kappa shape index (κ1) is 30.0. The molecular weight excluding hydrogens is 516 g/mol. The molecule has 1 aliphatic heterocycles. The Morgan fingerprint density at radius 3 is 1.93 bits per heavy atom. The predicted octanol–water partition coefficient (Wildman–Crippen LogP) is 9.76. The number of thioether (sulfide) groups is 1. The summed E-state index contributed by atoms with van der Waals surface area (Å²) in [6, 6.07) is 1.61. The molecule has 8 unspecified atom stereocenters. The van der Waals surface area contributed by atoms with E-state index in [0.29, 0.717) is 0 Å². The van der Waals surface area contributed by atoms with Crippen molar-refractivity contribution in [2.45, 2.75) is 177 Å². The molecular formula is C38H66N2S. The van der Waals surface area contributed by atoms with E-state index >= 15 is 0 Å². The van der Waals surface area contributed by atoms with Gasteiger partial charge in [0, 0.05) is 22.6 Å². The van der Waals surface area contributed by atoms with Crippen molar-refractivity contribution in [3.8, 4) is 0 Å². The molecule has 0 spiro atoms. The van der Waals surface area contributed by atoms with Crippen LogP contribution >= 0.6 is 11.8 Å². The van der Waals surface area contributed by atoms with Crippen LogP contribution in [0.2, 0.25) is 0 Å². The molecule has 0 aromatic carbocycles. The highest BCUT2D eigenvalue weighted by atomic mass is 32.2. The molecule has 0 bridgehead atoms. The summed E-state index contributed by atoms with van der Waals surface area (Å²) in [4.78, 5) is 0. The van der Waals surface area contributed by atoms with Crippen molar-refractivity contribution in [1.29, 1.82) is 0 Å². The Labute approximate surface area is 258 Å². The lowest BCUT2D eigenvalue weighted by molar-refractivity contribution is 0.0716. The summed E-state index contributed by atoms with van der Waals surface area (Å²) in [6.07, 6.45) is 36.5. The molecule has 8 atom stereocenters. The van der Waals surface area contributed by atoms with Crippen LogP contribution in [0, 0.1) is 47.3 Å². The lowest BCUT2D eigenvalue weighted by Gasteiger charge is -2.48. The molecule has 6 saturated carbocycles. The van der Waals surface area contributed by atoms with Gasteiger partial charge in [0.25, 0.3) is 0 Å². The van der Waals surface area contributed by atoms with Gasteiger partial charge in [0.15, 0.2) is 0 Å². The van der Waals surface area contributed by atoms with Crippen LogP contribution in [0.1, 0.15) is 154 Å². The van der Waals surface area contributed by atoms with Crippen LogP contribution in [0.25, 0.3) is 0 Å². The van der Waals surface area contributed by atoms with Crippen molar-refractivity contribution in [3.05, 3.63) is 0 Å². The monoisotopic (exact) mass is 582 g/mol. The summed E-state index contributed by atoms with van der Waals surface area (Å²) in [7, 11) is 0. The van der Waals surface area contributed by atoms with Gasteiger partial charge in [-0.25, -0.2) is 0 Å². The fourth-order valence-electron chi connectivity index (χ4n) is 12.0. The van der Waals surface area contributed by atoms with Crippen LogP contribution in [0.15, 0.2) is 0 Å². The van der Waals surface area contributed by atoms with Crippen LogP contribution < -0.4 is 10.6 Å². The zero-order valence-corrected chi connectivity index (χ0v) is 27.5. The van der Waals surface area contributed by atoms with Crippen molar-refractivity contribution >= 4 is 11.8 Å². The van der Waals surface area contributed by atoms with Crippen molar-refractivity contribution < 1.29 is 0 Å². The smallest absolute Gasteiger partial charge is 0.0238 e. The van der Waals surface area contributed by atoms with Gasteiger partial charge >= 0.3 is 0 Å². The van der Waals surface area contributed by atoms with E-state index in [4.69, 9.17) is 0 Å². The topological polar surface area (TPSA) is 24.1 Å². The Kier molecular flexibility index (Phi) is 10.6. The molecule has 41 heavy (non-hydrogen) atoms. The van der Waals surface area contributed by atoms with E-state index in [-0.39, 0.29) is 0 Å². The Bertz CT molecular complexity index is 781. The first-order valence-electron chi connectivity index (χ1n) is 19.4. The third kappa shape index (κ3) is 7.24. The average Bonchev–Trinajstić information content (AvgIpc) is 3.42. The molecule has 7 aliphatic rings. The van der Waals surface area contributed by atoms with Gasteiger partial charge in [-0.3, -0.25) is 0 Å². The highest BCUT2D eigenvalue weighted by Crippen LogP contribution is 2.57. The van der Waals surface area contributed by atoms with Crippen LogP contribution in [-0.4, -0.2) is 35.7 Å². The second-order valence-corrected chi connectivity index (χ2v) is 18.1. The molecule has 0 aromatic rings. The Hall–Kier alpha value is 0.270. The summed E-state index contributed by atoms with van der Waals surface area (Å²) in [5.74, 6) is 8.15. The van der Waals surface area contributed by atoms with Crippen LogP contribution in [0.4, 0.5) is 0 Å². The van der Waals surface area contributed by atoms with E-state index in [9.17, 15) is 0 Å². The van der Waals surface area contributed by atoms with Gasteiger partial charge in [-0.2, -0.15) is 11.8 Å². The van der Waals surface area contributed by atoms with Gasteiger partial charge in [-0.15, -0.1) is 0 Å². The first-order valence-corrected chi connectivity index (χ1v) is 20.4. The van der Waals surface area contributed by atoms with E-state index < -0.39 is 0 Å². The van der Waals surface area contributed by atoms with Crippen molar-refractivity contribution in [3.63, 3.8) is 0 Å². The minimum atomic E-state index is 0.790. The van der Waals surface area contributed by atoms with Crippen LogP contribution in [0.5, 0.6) is 0 Å². The molecule has 0 radical (unpaired) electrons. The van der Waals surface area contributed by atoms with E-state index in [0.717, 1.165) is 69.9 Å². The maximum absolute atomic E-state index is 4.58. The van der Waals surface area contributed by atoms with E-state index in [1.165, 1.54) is 109 Å². The minimum Gasteiger partial charge on any atom is -0.316 e. The Balaban J connectivity index is 0.981. The lowest BCUT2D eigenvalue weighted by Crippen LogP contribution is -2.56. The fraction of sp³-hybridized carbons (Fsp3) is 1.00. The SMILES string of the molecule is C1CCC(CNCC2CCCC(NC3C(C4CCC(C5CCCCC5)CC4)CCC4C5CCCCC5SC43)C2)CC1.